The van der Waals surface area contributed by atoms with Crippen molar-refractivity contribution in [3.05, 3.63) is 0 Å². The lowest BCUT2D eigenvalue weighted by molar-refractivity contribution is -0.139. The highest BCUT2D eigenvalue weighted by molar-refractivity contribution is 5.67. The Hall–Kier alpha value is -0.570. The van der Waals surface area contributed by atoms with Crippen molar-refractivity contribution in [1.29, 1.82) is 0 Å². The predicted octanol–water partition coefficient (Wildman–Crippen LogP) is 1.23. The number of rotatable bonds is 5. The fraction of sp³-hybridized carbons (Fsp3) is 0.875. The lowest BCUT2D eigenvalue weighted by atomic mass is 9.82. The maximum atomic E-state index is 10.4. The summed E-state index contributed by atoms with van der Waals surface area (Å²) < 4.78 is 0. The second-order valence-corrected chi connectivity index (χ2v) is 3.34. The number of hydrogen-bond donors (Lipinski definition) is 2. The van der Waals surface area contributed by atoms with Crippen LogP contribution < -0.4 is 5.73 Å². The smallest absolute Gasteiger partial charge is 0.303 e. The van der Waals surface area contributed by atoms with E-state index in [1.165, 1.54) is 0 Å². The van der Waals surface area contributed by atoms with Gasteiger partial charge in [-0.05, 0) is 18.4 Å². The first-order chi connectivity index (χ1) is 5.04. The molecule has 11 heavy (non-hydrogen) atoms. The molecule has 0 amide bonds. The highest BCUT2D eigenvalue weighted by Gasteiger charge is 2.24. The predicted molar refractivity (Wildman–Crippen MR) is 44.3 cm³/mol. The van der Waals surface area contributed by atoms with E-state index in [-0.39, 0.29) is 11.8 Å². The molecule has 0 radical (unpaired) electrons. The van der Waals surface area contributed by atoms with Crippen molar-refractivity contribution in [3.63, 3.8) is 0 Å². The van der Waals surface area contributed by atoms with E-state index in [0.717, 1.165) is 12.8 Å². The molecule has 66 valence electrons. The van der Waals surface area contributed by atoms with Crippen LogP contribution in [-0.2, 0) is 4.79 Å². The minimum atomic E-state index is -0.758. The number of aliphatic carboxylic acids is 1. The molecule has 0 rings (SSSR count). The van der Waals surface area contributed by atoms with Crippen LogP contribution in [0.5, 0.6) is 0 Å². The first-order valence-corrected chi connectivity index (χ1v) is 3.96. The average Bonchev–Trinajstić information content (AvgIpc) is 1.87. The molecule has 0 aromatic heterocycles. The van der Waals surface area contributed by atoms with E-state index in [2.05, 4.69) is 0 Å². The van der Waals surface area contributed by atoms with E-state index in [9.17, 15) is 4.79 Å². The molecule has 3 nitrogen and oxygen atoms in total. The van der Waals surface area contributed by atoms with Crippen LogP contribution in [0, 0.1) is 5.41 Å². The zero-order valence-electron chi connectivity index (χ0n) is 7.26. The average molecular weight is 159 g/mol. The van der Waals surface area contributed by atoms with Gasteiger partial charge in [0.25, 0.3) is 0 Å². The summed E-state index contributed by atoms with van der Waals surface area (Å²) in [6.45, 7) is 4.41. The molecule has 1 atom stereocenters. The minimum Gasteiger partial charge on any atom is -0.481 e. The Kier molecular flexibility index (Phi) is 4.11. The summed E-state index contributed by atoms with van der Waals surface area (Å²) in [5.41, 5.74) is 5.27. The molecule has 3 N–H and O–H groups in total. The third kappa shape index (κ3) is 3.98. The van der Waals surface area contributed by atoms with E-state index in [0.29, 0.717) is 6.54 Å². The lowest BCUT2D eigenvalue weighted by Gasteiger charge is -2.24. The molecule has 0 aliphatic carbocycles. The van der Waals surface area contributed by atoms with Crippen molar-refractivity contribution in [2.45, 2.75) is 33.1 Å². The number of nitrogens with two attached hydrogens (primary N) is 1. The van der Waals surface area contributed by atoms with Crippen molar-refractivity contribution in [2.24, 2.45) is 11.1 Å². The number of carboxylic acids is 1. The molecule has 0 aromatic carbocycles. The van der Waals surface area contributed by atoms with Gasteiger partial charge in [-0.3, -0.25) is 4.79 Å². The Morgan fingerprint density at radius 2 is 2.18 bits per heavy atom. The first-order valence-electron chi connectivity index (χ1n) is 3.96. The third-order valence-electron chi connectivity index (χ3n) is 1.92. The van der Waals surface area contributed by atoms with Crippen LogP contribution in [0.15, 0.2) is 0 Å². The summed E-state index contributed by atoms with van der Waals surface area (Å²) in [7, 11) is 0. The van der Waals surface area contributed by atoms with Gasteiger partial charge < -0.3 is 10.8 Å². The Balaban J connectivity index is 3.98. The van der Waals surface area contributed by atoms with Crippen LogP contribution in [0.4, 0.5) is 0 Å². The third-order valence-corrected chi connectivity index (χ3v) is 1.92. The monoisotopic (exact) mass is 159 g/mol. The van der Waals surface area contributed by atoms with Crippen molar-refractivity contribution in [1.82, 2.24) is 0 Å². The molecule has 0 saturated heterocycles. The van der Waals surface area contributed by atoms with Crippen molar-refractivity contribution in [3.8, 4) is 0 Å². The van der Waals surface area contributed by atoms with Gasteiger partial charge in [0, 0.05) is 0 Å². The molecule has 3 heteroatoms. The summed E-state index contributed by atoms with van der Waals surface area (Å²) in [4.78, 5) is 10.4. The van der Waals surface area contributed by atoms with Crippen LogP contribution in [-0.4, -0.2) is 17.6 Å². The molecular formula is C8H17NO2. The number of carbonyl (C=O) groups is 1. The van der Waals surface area contributed by atoms with E-state index >= 15 is 0 Å². The molecule has 1 unspecified atom stereocenters. The summed E-state index contributed by atoms with van der Waals surface area (Å²) in [5, 5.41) is 8.55. The number of hydrogen-bond acceptors (Lipinski definition) is 2. The molecule has 0 bridgehead atoms. The second-order valence-electron chi connectivity index (χ2n) is 3.34. The Morgan fingerprint density at radius 1 is 1.64 bits per heavy atom. The Bertz CT molecular complexity index is 136. The molecule has 0 heterocycles. The topological polar surface area (TPSA) is 63.3 Å². The van der Waals surface area contributed by atoms with Gasteiger partial charge in [0.1, 0.15) is 0 Å². The maximum absolute atomic E-state index is 10.4. The largest absolute Gasteiger partial charge is 0.481 e. The van der Waals surface area contributed by atoms with E-state index in [4.69, 9.17) is 10.8 Å². The van der Waals surface area contributed by atoms with E-state index in [1.54, 1.807) is 0 Å². The fourth-order valence-corrected chi connectivity index (χ4v) is 1.23. The zero-order valence-corrected chi connectivity index (χ0v) is 7.26. The molecule has 0 saturated carbocycles. The quantitative estimate of drug-likeness (QED) is 0.634. The maximum Gasteiger partial charge on any atom is 0.303 e. The van der Waals surface area contributed by atoms with Gasteiger partial charge in [0.05, 0.1) is 6.42 Å². The standard InChI is InChI=1S/C8H17NO2/c1-3-4-8(2,6-9)5-7(10)11/h3-6,9H2,1-2H3,(H,10,11). The lowest BCUT2D eigenvalue weighted by Crippen LogP contribution is -2.29. The summed E-state index contributed by atoms with van der Waals surface area (Å²) >= 11 is 0. The van der Waals surface area contributed by atoms with Crippen LogP contribution in [0.25, 0.3) is 0 Å². The van der Waals surface area contributed by atoms with Crippen molar-refractivity contribution in [2.75, 3.05) is 6.54 Å². The van der Waals surface area contributed by atoms with Gasteiger partial charge in [-0.2, -0.15) is 0 Å². The second kappa shape index (κ2) is 4.34. The normalized spacial score (nSPS) is 15.9. The summed E-state index contributed by atoms with van der Waals surface area (Å²) in [6.07, 6.45) is 2.05. The highest BCUT2D eigenvalue weighted by atomic mass is 16.4. The SMILES string of the molecule is CCCC(C)(CN)CC(=O)O. The van der Waals surface area contributed by atoms with E-state index in [1.807, 2.05) is 13.8 Å². The van der Waals surface area contributed by atoms with Crippen molar-refractivity contribution < 1.29 is 9.90 Å². The summed E-state index contributed by atoms with van der Waals surface area (Å²) in [5.74, 6) is -0.758. The van der Waals surface area contributed by atoms with Gasteiger partial charge in [-0.25, -0.2) is 0 Å². The van der Waals surface area contributed by atoms with Gasteiger partial charge in [0.15, 0.2) is 0 Å². The van der Waals surface area contributed by atoms with Crippen LogP contribution >= 0.6 is 0 Å². The first kappa shape index (κ1) is 10.4. The highest BCUT2D eigenvalue weighted by Crippen LogP contribution is 2.25. The minimum absolute atomic E-state index is 0.178. The van der Waals surface area contributed by atoms with Gasteiger partial charge in [0.2, 0.25) is 0 Å². The van der Waals surface area contributed by atoms with Crippen molar-refractivity contribution >= 4 is 5.97 Å². The zero-order chi connectivity index (χ0) is 8.91. The van der Waals surface area contributed by atoms with E-state index < -0.39 is 5.97 Å². The summed E-state index contributed by atoms with van der Waals surface area (Å²) in [6, 6.07) is 0. The molecule has 0 aliphatic heterocycles. The fourth-order valence-electron chi connectivity index (χ4n) is 1.23. The van der Waals surface area contributed by atoms with Gasteiger partial charge in [-0.15, -0.1) is 0 Å². The van der Waals surface area contributed by atoms with Gasteiger partial charge in [-0.1, -0.05) is 20.3 Å². The van der Waals surface area contributed by atoms with Crippen LogP contribution in [0.3, 0.4) is 0 Å². The van der Waals surface area contributed by atoms with Gasteiger partial charge >= 0.3 is 5.97 Å². The Morgan fingerprint density at radius 3 is 2.45 bits per heavy atom. The van der Waals surface area contributed by atoms with Crippen LogP contribution in [0.2, 0.25) is 0 Å². The van der Waals surface area contributed by atoms with Crippen LogP contribution in [0.1, 0.15) is 33.1 Å². The molecule has 0 fully saturated rings. The Labute approximate surface area is 67.6 Å². The molecule has 0 aromatic rings. The number of carboxylic acid groups (broad SMARTS) is 1. The molecular weight excluding hydrogens is 142 g/mol. The molecule has 0 aliphatic rings. The molecule has 0 spiro atoms.